The van der Waals surface area contributed by atoms with Crippen LogP contribution >= 0.6 is 15.9 Å². The molecule has 0 bridgehead atoms. The van der Waals surface area contributed by atoms with Crippen LogP contribution in [0.2, 0.25) is 0 Å². The van der Waals surface area contributed by atoms with E-state index in [-0.39, 0.29) is 5.82 Å². The first kappa shape index (κ1) is 10.4. The minimum Gasteiger partial charge on any atom is -0.303 e. The zero-order valence-corrected chi connectivity index (χ0v) is 8.90. The molecule has 0 amide bonds. The van der Waals surface area contributed by atoms with Crippen LogP contribution in [-0.4, -0.2) is 6.29 Å². The fraction of sp³-hybridized carbons (Fsp3) is 0.300. The van der Waals surface area contributed by atoms with E-state index in [2.05, 4.69) is 15.9 Å². The molecule has 13 heavy (non-hydrogen) atoms. The van der Waals surface area contributed by atoms with Gasteiger partial charge in [-0.05, 0) is 40.4 Å². The Morgan fingerprint density at radius 3 is 2.85 bits per heavy atom. The Bertz CT molecular complexity index is 323. The van der Waals surface area contributed by atoms with Crippen LogP contribution in [0.15, 0.2) is 16.6 Å². The van der Waals surface area contributed by atoms with Crippen molar-refractivity contribution in [3.63, 3.8) is 0 Å². The molecule has 0 radical (unpaired) electrons. The van der Waals surface area contributed by atoms with E-state index in [1.54, 1.807) is 13.0 Å². The van der Waals surface area contributed by atoms with Crippen LogP contribution in [0.25, 0.3) is 0 Å². The maximum absolute atomic E-state index is 13.3. The van der Waals surface area contributed by atoms with E-state index in [1.807, 2.05) is 6.07 Å². The van der Waals surface area contributed by atoms with Crippen molar-refractivity contribution in [3.8, 4) is 0 Å². The Hall–Kier alpha value is -0.700. The van der Waals surface area contributed by atoms with Crippen LogP contribution in [0.1, 0.15) is 17.5 Å². The second kappa shape index (κ2) is 4.51. The van der Waals surface area contributed by atoms with Gasteiger partial charge >= 0.3 is 0 Å². The molecule has 0 N–H and O–H groups in total. The largest absolute Gasteiger partial charge is 0.303 e. The number of rotatable bonds is 3. The van der Waals surface area contributed by atoms with E-state index in [4.69, 9.17) is 0 Å². The van der Waals surface area contributed by atoms with Gasteiger partial charge in [-0.15, -0.1) is 0 Å². The van der Waals surface area contributed by atoms with Gasteiger partial charge in [0.2, 0.25) is 0 Å². The summed E-state index contributed by atoms with van der Waals surface area (Å²) in [5.41, 5.74) is 1.46. The topological polar surface area (TPSA) is 17.1 Å². The molecule has 0 aliphatic rings. The molecule has 3 heteroatoms. The van der Waals surface area contributed by atoms with Gasteiger partial charge in [0, 0.05) is 6.42 Å². The average Bonchev–Trinajstić information content (AvgIpc) is 2.13. The van der Waals surface area contributed by atoms with Crippen molar-refractivity contribution >= 4 is 22.2 Å². The number of benzene rings is 1. The highest BCUT2D eigenvalue weighted by Crippen LogP contribution is 2.24. The standard InChI is InChI=1S/C10H10BrFO/c1-7-4-5-8(3-2-6-13)9(11)10(7)12/h4-6H,2-3H2,1H3. The van der Waals surface area contributed by atoms with Gasteiger partial charge < -0.3 is 4.79 Å². The second-order valence-corrected chi connectivity index (χ2v) is 3.67. The van der Waals surface area contributed by atoms with E-state index in [0.717, 1.165) is 11.8 Å². The summed E-state index contributed by atoms with van der Waals surface area (Å²) in [5, 5.41) is 0. The van der Waals surface area contributed by atoms with Crippen LogP contribution in [0.4, 0.5) is 4.39 Å². The molecule has 0 saturated heterocycles. The summed E-state index contributed by atoms with van der Waals surface area (Å²) in [7, 11) is 0. The molecule has 0 aromatic heterocycles. The third-order valence-electron chi connectivity index (χ3n) is 1.89. The molecule has 0 fully saturated rings. The first-order valence-electron chi connectivity index (χ1n) is 4.04. The van der Waals surface area contributed by atoms with Crippen molar-refractivity contribution in [1.29, 1.82) is 0 Å². The fourth-order valence-corrected chi connectivity index (χ4v) is 1.74. The molecular weight excluding hydrogens is 235 g/mol. The predicted molar refractivity (Wildman–Crippen MR) is 53.2 cm³/mol. The van der Waals surface area contributed by atoms with E-state index in [9.17, 15) is 9.18 Å². The van der Waals surface area contributed by atoms with Crippen LogP contribution in [0.5, 0.6) is 0 Å². The minimum absolute atomic E-state index is 0.233. The zero-order valence-electron chi connectivity index (χ0n) is 7.31. The summed E-state index contributed by atoms with van der Waals surface area (Å²) in [6, 6.07) is 3.56. The lowest BCUT2D eigenvalue weighted by Gasteiger charge is -2.05. The lowest BCUT2D eigenvalue weighted by molar-refractivity contribution is -0.107. The predicted octanol–water partition coefficient (Wildman–Crippen LogP) is 3.03. The maximum atomic E-state index is 13.3. The number of halogens is 2. The van der Waals surface area contributed by atoms with Crippen LogP contribution in [-0.2, 0) is 11.2 Å². The van der Waals surface area contributed by atoms with Crippen LogP contribution < -0.4 is 0 Å². The summed E-state index contributed by atoms with van der Waals surface area (Å²) in [6.07, 6.45) is 1.85. The van der Waals surface area contributed by atoms with Gasteiger partial charge in [0.15, 0.2) is 0 Å². The molecule has 70 valence electrons. The third kappa shape index (κ3) is 2.37. The number of aryl methyl sites for hydroxylation is 2. The monoisotopic (exact) mass is 244 g/mol. The van der Waals surface area contributed by atoms with Gasteiger partial charge in [-0.2, -0.15) is 0 Å². The molecule has 1 aromatic rings. The van der Waals surface area contributed by atoms with Crippen molar-refractivity contribution in [1.82, 2.24) is 0 Å². The minimum atomic E-state index is -0.233. The van der Waals surface area contributed by atoms with Gasteiger partial charge in [0.05, 0.1) is 4.47 Å². The number of aldehydes is 1. The van der Waals surface area contributed by atoms with E-state index >= 15 is 0 Å². The summed E-state index contributed by atoms with van der Waals surface area (Å²) < 4.78 is 13.8. The van der Waals surface area contributed by atoms with Crippen molar-refractivity contribution in [2.45, 2.75) is 19.8 Å². The van der Waals surface area contributed by atoms with E-state index in [1.165, 1.54) is 0 Å². The second-order valence-electron chi connectivity index (χ2n) is 2.87. The molecule has 0 atom stereocenters. The highest BCUT2D eigenvalue weighted by atomic mass is 79.9. The Balaban J connectivity index is 2.96. The zero-order chi connectivity index (χ0) is 9.84. The third-order valence-corrected chi connectivity index (χ3v) is 2.74. The first-order chi connectivity index (χ1) is 6.16. The maximum Gasteiger partial charge on any atom is 0.140 e. The smallest absolute Gasteiger partial charge is 0.140 e. The molecule has 1 nitrogen and oxygen atoms in total. The van der Waals surface area contributed by atoms with Crippen molar-refractivity contribution in [2.24, 2.45) is 0 Å². The molecule has 0 heterocycles. The summed E-state index contributed by atoms with van der Waals surface area (Å²) >= 11 is 3.17. The van der Waals surface area contributed by atoms with Crippen molar-refractivity contribution < 1.29 is 9.18 Å². The van der Waals surface area contributed by atoms with E-state index in [0.29, 0.717) is 22.9 Å². The Morgan fingerprint density at radius 1 is 1.54 bits per heavy atom. The van der Waals surface area contributed by atoms with Crippen molar-refractivity contribution in [3.05, 3.63) is 33.5 Å². The Kier molecular flexibility index (Phi) is 3.60. The number of carbonyl (C=O) groups is 1. The molecule has 0 unspecified atom stereocenters. The van der Waals surface area contributed by atoms with Gasteiger partial charge in [-0.25, -0.2) is 4.39 Å². The normalized spacial score (nSPS) is 10.1. The molecule has 0 aliphatic heterocycles. The number of carbonyl (C=O) groups excluding carboxylic acids is 1. The molecule has 0 saturated carbocycles. The molecule has 0 spiro atoms. The number of hydrogen-bond acceptors (Lipinski definition) is 1. The Labute approximate surface area is 85.1 Å². The van der Waals surface area contributed by atoms with Gasteiger partial charge in [0.1, 0.15) is 12.1 Å². The summed E-state index contributed by atoms with van der Waals surface area (Å²) in [5.74, 6) is -0.233. The molecule has 1 aromatic carbocycles. The Morgan fingerprint density at radius 2 is 2.23 bits per heavy atom. The first-order valence-corrected chi connectivity index (χ1v) is 4.83. The number of hydrogen-bond donors (Lipinski definition) is 0. The fourth-order valence-electron chi connectivity index (χ4n) is 1.09. The van der Waals surface area contributed by atoms with Gasteiger partial charge in [-0.3, -0.25) is 0 Å². The SMILES string of the molecule is Cc1ccc(CCC=O)c(Br)c1F. The van der Waals surface area contributed by atoms with Crippen LogP contribution in [0, 0.1) is 12.7 Å². The quantitative estimate of drug-likeness (QED) is 0.748. The highest BCUT2D eigenvalue weighted by Gasteiger charge is 2.07. The van der Waals surface area contributed by atoms with Crippen molar-refractivity contribution in [2.75, 3.05) is 0 Å². The lowest BCUT2D eigenvalue weighted by Crippen LogP contribution is -1.93. The van der Waals surface area contributed by atoms with Gasteiger partial charge in [-0.1, -0.05) is 12.1 Å². The molecule has 0 aliphatic carbocycles. The van der Waals surface area contributed by atoms with E-state index < -0.39 is 0 Å². The lowest BCUT2D eigenvalue weighted by atomic mass is 10.1. The molecular formula is C10H10BrFO. The molecule has 1 rings (SSSR count). The van der Waals surface area contributed by atoms with Crippen LogP contribution in [0.3, 0.4) is 0 Å². The highest BCUT2D eigenvalue weighted by molar-refractivity contribution is 9.10. The summed E-state index contributed by atoms with van der Waals surface area (Å²) in [6.45, 7) is 1.71. The summed E-state index contributed by atoms with van der Waals surface area (Å²) in [4.78, 5) is 10.1. The van der Waals surface area contributed by atoms with Gasteiger partial charge in [0.25, 0.3) is 0 Å². The average molecular weight is 245 g/mol.